The predicted molar refractivity (Wildman–Crippen MR) is 67.8 cm³/mol. The molecule has 0 aliphatic carbocycles. The van der Waals surface area contributed by atoms with Gasteiger partial charge in [0, 0.05) is 10.5 Å². The first-order chi connectivity index (χ1) is 7.46. The Morgan fingerprint density at radius 3 is 2.69 bits per heavy atom. The summed E-state index contributed by atoms with van der Waals surface area (Å²) in [6.07, 6.45) is 1.73. The van der Waals surface area contributed by atoms with Gasteiger partial charge in [-0.05, 0) is 37.7 Å². The standard InChI is InChI=1S/C11H12BrNO2S/c1-7(13-2)10-5-8-3-4-9(12)6-11(8)16(10,14)15/h3-7,13H,1-2H3. The lowest BCUT2D eigenvalue weighted by Gasteiger charge is -2.11. The zero-order valence-electron chi connectivity index (χ0n) is 8.99. The highest BCUT2D eigenvalue weighted by Crippen LogP contribution is 2.35. The van der Waals surface area contributed by atoms with Gasteiger partial charge in [0.05, 0.1) is 9.80 Å². The first-order valence-electron chi connectivity index (χ1n) is 4.90. The second-order valence-electron chi connectivity index (χ2n) is 3.74. The van der Waals surface area contributed by atoms with Gasteiger partial charge in [0.25, 0.3) is 0 Å². The topological polar surface area (TPSA) is 46.2 Å². The van der Waals surface area contributed by atoms with Crippen molar-refractivity contribution in [3.05, 3.63) is 33.1 Å². The Morgan fingerprint density at radius 2 is 2.06 bits per heavy atom. The van der Waals surface area contributed by atoms with Crippen molar-refractivity contribution in [2.24, 2.45) is 0 Å². The fraction of sp³-hybridized carbons (Fsp3) is 0.273. The molecule has 0 amide bonds. The summed E-state index contributed by atoms with van der Waals surface area (Å²) in [6, 6.07) is 5.14. The lowest BCUT2D eigenvalue weighted by atomic mass is 10.2. The van der Waals surface area contributed by atoms with E-state index < -0.39 is 9.84 Å². The van der Waals surface area contributed by atoms with Gasteiger partial charge in [-0.25, -0.2) is 8.42 Å². The van der Waals surface area contributed by atoms with Crippen molar-refractivity contribution in [1.29, 1.82) is 0 Å². The van der Waals surface area contributed by atoms with Crippen LogP contribution in [-0.2, 0) is 9.84 Å². The number of benzene rings is 1. The van der Waals surface area contributed by atoms with Crippen LogP contribution in [0.1, 0.15) is 12.5 Å². The van der Waals surface area contributed by atoms with E-state index in [1.165, 1.54) is 0 Å². The smallest absolute Gasteiger partial charge is 0.204 e. The molecule has 5 heteroatoms. The fourth-order valence-corrected chi connectivity index (χ4v) is 4.07. The molecule has 86 valence electrons. The minimum Gasteiger partial charge on any atom is -0.313 e. The predicted octanol–water partition coefficient (Wildman–Crippen LogP) is 2.19. The molecule has 1 N–H and O–H groups in total. The molecule has 2 rings (SSSR count). The van der Waals surface area contributed by atoms with Crippen molar-refractivity contribution in [3.8, 4) is 0 Å². The molecule has 0 radical (unpaired) electrons. The molecule has 1 heterocycles. The van der Waals surface area contributed by atoms with Crippen molar-refractivity contribution in [1.82, 2.24) is 5.32 Å². The van der Waals surface area contributed by atoms with E-state index in [-0.39, 0.29) is 6.04 Å². The largest absolute Gasteiger partial charge is 0.313 e. The maximum absolute atomic E-state index is 12.2. The Balaban J connectivity index is 2.60. The summed E-state index contributed by atoms with van der Waals surface area (Å²) in [5.74, 6) is 0. The van der Waals surface area contributed by atoms with E-state index in [1.807, 2.05) is 19.1 Å². The molecule has 1 aromatic carbocycles. The second kappa shape index (κ2) is 3.98. The van der Waals surface area contributed by atoms with Crippen LogP contribution in [0.3, 0.4) is 0 Å². The monoisotopic (exact) mass is 301 g/mol. The Hall–Kier alpha value is -0.650. The number of halogens is 1. The summed E-state index contributed by atoms with van der Waals surface area (Å²) in [4.78, 5) is 0.821. The van der Waals surface area contributed by atoms with Crippen LogP contribution in [0.15, 0.2) is 32.5 Å². The number of rotatable bonds is 2. The molecule has 0 saturated carbocycles. The minimum atomic E-state index is -3.31. The maximum Gasteiger partial charge on any atom is 0.204 e. The number of hydrogen-bond acceptors (Lipinski definition) is 3. The van der Waals surface area contributed by atoms with Crippen LogP contribution >= 0.6 is 15.9 Å². The number of sulfone groups is 1. The fourth-order valence-electron chi connectivity index (χ4n) is 1.72. The zero-order chi connectivity index (χ0) is 11.9. The van der Waals surface area contributed by atoms with Crippen molar-refractivity contribution in [2.45, 2.75) is 17.9 Å². The van der Waals surface area contributed by atoms with E-state index >= 15 is 0 Å². The summed E-state index contributed by atoms with van der Waals surface area (Å²) in [7, 11) is -1.56. The molecule has 0 saturated heterocycles. The average molecular weight is 302 g/mol. The van der Waals surface area contributed by atoms with E-state index in [1.54, 1.807) is 19.2 Å². The lowest BCUT2D eigenvalue weighted by molar-refractivity contribution is 0.595. The van der Waals surface area contributed by atoms with E-state index in [2.05, 4.69) is 21.2 Å². The van der Waals surface area contributed by atoms with Gasteiger partial charge in [0.15, 0.2) is 0 Å². The molecule has 0 spiro atoms. The Bertz CT molecular complexity index is 563. The molecule has 1 atom stereocenters. The lowest BCUT2D eigenvalue weighted by Crippen LogP contribution is -2.26. The van der Waals surface area contributed by atoms with Crippen molar-refractivity contribution in [2.75, 3.05) is 7.05 Å². The molecule has 3 nitrogen and oxygen atoms in total. The van der Waals surface area contributed by atoms with E-state index in [9.17, 15) is 8.42 Å². The normalized spacial score (nSPS) is 19.1. The maximum atomic E-state index is 12.2. The SMILES string of the molecule is CNC(C)C1=Cc2ccc(Br)cc2S1(=O)=O. The summed E-state index contributed by atoms with van der Waals surface area (Å²) < 4.78 is 25.2. The Labute approximate surface area is 104 Å². The van der Waals surface area contributed by atoms with Crippen LogP contribution in [0.25, 0.3) is 6.08 Å². The molecule has 0 aromatic heterocycles. The van der Waals surface area contributed by atoms with Gasteiger partial charge in [-0.2, -0.15) is 0 Å². The van der Waals surface area contributed by atoms with Gasteiger partial charge >= 0.3 is 0 Å². The molecule has 1 aliphatic heterocycles. The van der Waals surface area contributed by atoms with Crippen molar-refractivity contribution >= 4 is 31.8 Å². The second-order valence-corrected chi connectivity index (χ2v) is 6.58. The number of nitrogens with one attached hydrogen (secondary N) is 1. The van der Waals surface area contributed by atoms with Gasteiger partial charge in [0.2, 0.25) is 9.84 Å². The molecule has 1 aromatic rings. The Kier molecular flexibility index (Phi) is 2.94. The van der Waals surface area contributed by atoms with Crippen molar-refractivity contribution < 1.29 is 8.42 Å². The summed E-state index contributed by atoms with van der Waals surface area (Å²) in [6.45, 7) is 1.84. The highest BCUT2D eigenvalue weighted by Gasteiger charge is 2.32. The zero-order valence-corrected chi connectivity index (χ0v) is 11.4. The molecule has 1 aliphatic rings. The van der Waals surface area contributed by atoms with E-state index in [4.69, 9.17) is 0 Å². The van der Waals surface area contributed by atoms with E-state index in [0.717, 1.165) is 10.0 Å². The van der Waals surface area contributed by atoms with Crippen LogP contribution in [0.2, 0.25) is 0 Å². The highest BCUT2D eigenvalue weighted by atomic mass is 79.9. The first-order valence-corrected chi connectivity index (χ1v) is 7.18. The van der Waals surface area contributed by atoms with Crippen molar-refractivity contribution in [3.63, 3.8) is 0 Å². The van der Waals surface area contributed by atoms with Crippen LogP contribution in [0, 0.1) is 0 Å². The first kappa shape index (κ1) is 11.8. The summed E-state index contributed by atoms with van der Waals surface area (Å²) >= 11 is 3.29. The van der Waals surface area contributed by atoms with Gasteiger partial charge in [-0.3, -0.25) is 0 Å². The summed E-state index contributed by atoms with van der Waals surface area (Å²) in [5.41, 5.74) is 0.764. The van der Waals surface area contributed by atoms with Crippen LogP contribution in [0.5, 0.6) is 0 Å². The quantitative estimate of drug-likeness (QED) is 0.911. The van der Waals surface area contributed by atoms with Gasteiger partial charge in [-0.1, -0.05) is 22.0 Å². The molecular weight excluding hydrogens is 290 g/mol. The highest BCUT2D eigenvalue weighted by molar-refractivity contribution is 9.10. The number of likely N-dealkylation sites (N-methyl/N-ethyl adjacent to an activating group) is 1. The van der Waals surface area contributed by atoms with Crippen LogP contribution < -0.4 is 5.32 Å². The third-order valence-electron chi connectivity index (χ3n) is 2.73. The molecule has 0 fully saturated rings. The number of fused-ring (bicyclic) bond motifs is 1. The molecular formula is C11H12BrNO2S. The van der Waals surface area contributed by atoms with Gasteiger partial charge < -0.3 is 5.32 Å². The third-order valence-corrected chi connectivity index (χ3v) is 5.25. The van der Waals surface area contributed by atoms with Gasteiger partial charge in [0.1, 0.15) is 0 Å². The van der Waals surface area contributed by atoms with Gasteiger partial charge in [-0.15, -0.1) is 0 Å². The summed E-state index contributed by atoms with van der Waals surface area (Å²) in [5, 5.41) is 2.95. The molecule has 16 heavy (non-hydrogen) atoms. The molecule has 1 unspecified atom stereocenters. The minimum absolute atomic E-state index is 0.170. The molecule has 0 bridgehead atoms. The van der Waals surface area contributed by atoms with Crippen LogP contribution in [-0.4, -0.2) is 21.5 Å². The van der Waals surface area contributed by atoms with Crippen LogP contribution in [0.4, 0.5) is 0 Å². The van der Waals surface area contributed by atoms with E-state index in [0.29, 0.717) is 9.80 Å². The Morgan fingerprint density at radius 1 is 1.38 bits per heavy atom. The number of hydrogen-bond donors (Lipinski definition) is 1. The third kappa shape index (κ3) is 1.73. The average Bonchev–Trinajstić information content (AvgIpc) is 2.50.